The number of hydrogen-bond donors (Lipinski definition) is 1. The molecule has 0 radical (unpaired) electrons. The molecule has 0 fully saturated rings. The number of nitrogens with zero attached hydrogens (tertiary/aromatic N) is 3. The van der Waals surface area contributed by atoms with Gasteiger partial charge in [0.25, 0.3) is 0 Å². The maximum absolute atomic E-state index is 5.63. The van der Waals surface area contributed by atoms with Crippen LogP contribution in [0.1, 0.15) is 6.42 Å². The molecule has 0 spiro atoms. The molecular formula is C15H20N4O2. The summed E-state index contributed by atoms with van der Waals surface area (Å²) in [6.45, 7) is 1.32. The molecule has 112 valence electrons. The molecule has 0 aliphatic carbocycles. The summed E-state index contributed by atoms with van der Waals surface area (Å²) in [6.07, 6.45) is 0.831. The van der Waals surface area contributed by atoms with Crippen LogP contribution in [0.3, 0.4) is 0 Å². The zero-order valence-electron chi connectivity index (χ0n) is 12.3. The van der Waals surface area contributed by atoms with Crippen LogP contribution in [-0.4, -0.2) is 37.3 Å². The van der Waals surface area contributed by atoms with Gasteiger partial charge in [0, 0.05) is 12.2 Å². The van der Waals surface area contributed by atoms with Gasteiger partial charge in [-0.2, -0.15) is 9.97 Å². The molecule has 0 atom stereocenters. The summed E-state index contributed by atoms with van der Waals surface area (Å²) in [5, 5.41) is 0. The first-order valence-corrected chi connectivity index (χ1v) is 6.78. The second-order valence-corrected chi connectivity index (χ2v) is 4.38. The van der Waals surface area contributed by atoms with Crippen LogP contribution in [0.4, 0.5) is 11.6 Å². The van der Waals surface area contributed by atoms with Crippen LogP contribution < -0.4 is 20.1 Å². The first-order chi connectivity index (χ1) is 10.3. The lowest BCUT2D eigenvalue weighted by atomic mass is 10.2. The molecule has 0 aliphatic rings. The standard InChI is InChI=1S/C15H20N4O2/c1-20-13-11-14(21-2)18-15(17-13)19(10-6-9-16)12-7-4-3-5-8-12/h3-5,7-8,11H,6,9-10,16H2,1-2H3. The topological polar surface area (TPSA) is 73.5 Å². The number of ether oxygens (including phenoxy) is 2. The summed E-state index contributed by atoms with van der Waals surface area (Å²) in [5.74, 6) is 1.46. The Balaban J connectivity index is 2.40. The molecule has 1 aromatic heterocycles. The van der Waals surface area contributed by atoms with Crippen molar-refractivity contribution in [2.75, 3.05) is 32.2 Å². The van der Waals surface area contributed by atoms with Crippen molar-refractivity contribution in [1.82, 2.24) is 9.97 Å². The Kier molecular flexibility index (Phi) is 5.34. The number of para-hydroxylation sites is 1. The van der Waals surface area contributed by atoms with E-state index in [1.807, 2.05) is 35.2 Å². The first kappa shape index (κ1) is 15.1. The molecule has 0 amide bonds. The summed E-state index contributed by atoms with van der Waals surface area (Å²) < 4.78 is 10.4. The molecule has 2 aromatic rings. The third-order valence-corrected chi connectivity index (χ3v) is 2.98. The molecule has 21 heavy (non-hydrogen) atoms. The molecule has 1 heterocycles. The van der Waals surface area contributed by atoms with Crippen molar-refractivity contribution in [3.63, 3.8) is 0 Å². The molecule has 1 aromatic carbocycles. The Morgan fingerprint density at radius 2 is 1.67 bits per heavy atom. The summed E-state index contributed by atoms with van der Waals surface area (Å²) >= 11 is 0. The zero-order valence-corrected chi connectivity index (χ0v) is 12.3. The second kappa shape index (κ2) is 7.44. The van der Waals surface area contributed by atoms with Crippen molar-refractivity contribution < 1.29 is 9.47 Å². The number of methoxy groups -OCH3 is 2. The third-order valence-electron chi connectivity index (χ3n) is 2.98. The van der Waals surface area contributed by atoms with E-state index in [2.05, 4.69) is 9.97 Å². The van der Waals surface area contributed by atoms with Gasteiger partial charge in [-0.3, -0.25) is 0 Å². The molecule has 0 aliphatic heterocycles. The maximum atomic E-state index is 5.63. The molecule has 2 N–H and O–H groups in total. The van der Waals surface area contributed by atoms with Crippen LogP contribution in [0.25, 0.3) is 0 Å². The van der Waals surface area contributed by atoms with Crippen molar-refractivity contribution in [3.8, 4) is 11.8 Å². The van der Waals surface area contributed by atoms with Crippen LogP contribution in [-0.2, 0) is 0 Å². The Hall–Kier alpha value is -2.34. The summed E-state index contributed by atoms with van der Waals surface area (Å²) in [7, 11) is 3.14. The van der Waals surface area contributed by atoms with Gasteiger partial charge in [0.1, 0.15) is 0 Å². The van der Waals surface area contributed by atoms with Gasteiger partial charge in [0.15, 0.2) is 0 Å². The van der Waals surface area contributed by atoms with Crippen LogP contribution in [0.15, 0.2) is 36.4 Å². The van der Waals surface area contributed by atoms with Crippen molar-refractivity contribution in [2.24, 2.45) is 5.73 Å². The van der Waals surface area contributed by atoms with E-state index < -0.39 is 0 Å². The number of nitrogens with two attached hydrogens (primary N) is 1. The monoisotopic (exact) mass is 288 g/mol. The number of benzene rings is 1. The quantitative estimate of drug-likeness (QED) is 0.840. The van der Waals surface area contributed by atoms with Gasteiger partial charge in [-0.25, -0.2) is 0 Å². The van der Waals surface area contributed by atoms with Crippen molar-refractivity contribution >= 4 is 11.6 Å². The minimum atomic E-state index is 0.463. The third kappa shape index (κ3) is 3.82. The fraction of sp³-hybridized carbons (Fsp3) is 0.333. The van der Waals surface area contributed by atoms with E-state index >= 15 is 0 Å². The predicted molar refractivity (Wildman–Crippen MR) is 82.3 cm³/mol. The predicted octanol–water partition coefficient (Wildman–Crippen LogP) is 1.98. The summed E-state index contributed by atoms with van der Waals surface area (Å²) in [4.78, 5) is 10.8. The van der Waals surface area contributed by atoms with Gasteiger partial charge < -0.3 is 20.1 Å². The highest BCUT2D eigenvalue weighted by molar-refractivity contribution is 5.57. The molecule has 2 rings (SSSR count). The minimum Gasteiger partial charge on any atom is -0.481 e. The summed E-state index contributed by atoms with van der Waals surface area (Å²) in [6, 6.07) is 11.6. The maximum Gasteiger partial charge on any atom is 0.236 e. The molecular weight excluding hydrogens is 268 g/mol. The number of aromatic nitrogens is 2. The van der Waals surface area contributed by atoms with E-state index in [-0.39, 0.29) is 0 Å². The molecule has 0 saturated heterocycles. The Morgan fingerprint density at radius 1 is 1.05 bits per heavy atom. The van der Waals surface area contributed by atoms with Gasteiger partial charge in [-0.15, -0.1) is 0 Å². The summed E-state index contributed by atoms with van der Waals surface area (Å²) in [5.41, 5.74) is 6.63. The normalized spacial score (nSPS) is 10.2. The van der Waals surface area contributed by atoms with Crippen LogP contribution >= 0.6 is 0 Å². The Labute approximate surface area is 124 Å². The highest BCUT2D eigenvalue weighted by Crippen LogP contribution is 2.26. The van der Waals surface area contributed by atoms with E-state index in [0.29, 0.717) is 24.3 Å². The molecule has 6 nitrogen and oxygen atoms in total. The lowest BCUT2D eigenvalue weighted by molar-refractivity contribution is 0.372. The lowest BCUT2D eigenvalue weighted by Crippen LogP contribution is -2.23. The number of rotatable bonds is 7. The lowest BCUT2D eigenvalue weighted by Gasteiger charge is -2.23. The van der Waals surface area contributed by atoms with Crippen LogP contribution in [0.5, 0.6) is 11.8 Å². The Bertz CT molecular complexity index is 541. The van der Waals surface area contributed by atoms with Gasteiger partial charge in [-0.05, 0) is 25.1 Å². The molecule has 0 bridgehead atoms. The molecule has 0 unspecified atom stereocenters. The number of anilines is 2. The highest BCUT2D eigenvalue weighted by Gasteiger charge is 2.14. The van der Waals surface area contributed by atoms with Gasteiger partial charge in [-0.1, -0.05) is 18.2 Å². The smallest absolute Gasteiger partial charge is 0.236 e. The SMILES string of the molecule is COc1cc(OC)nc(N(CCCN)c2ccccc2)n1. The molecule has 6 heteroatoms. The van der Waals surface area contributed by atoms with Crippen molar-refractivity contribution in [2.45, 2.75) is 6.42 Å². The first-order valence-electron chi connectivity index (χ1n) is 6.78. The minimum absolute atomic E-state index is 0.463. The van der Waals surface area contributed by atoms with Gasteiger partial charge in [0.05, 0.1) is 20.3 Å². The second-order valence-electron chi connectivity index (χ2n) is 4.38. The highest BCUT2D eigenvalue weighted by atomic mass is 16.5. The molecule has 0 saturated carbocycles. The Morgan fingerprint density at radius 3 is 2.19 bits per heavy atom. The van der Waals surface area contributed by atoms with E-state index in [0.717, 1.165) is 18.7 Å². The van der Waals surface area contributed by atoms with Gasteiger partial charge in [0.2, 0.25) is 17.7 Å². The van der Waals surface area contributed by atoms with E-state index in [1.54, 1.807) is 20.3 Å². The van der Waals surface area contributed by atoms with E-state index in [4.69, 9.17) is 15.2 Å². The van der Waals surface area contributed by atoms with E-state index in [1.165, 1.54) is 0 Å². The average Bonchev–Trinajstić information content (AvgIpc) is 2.55. The average molecular weight is 288 g/mol. The van der Waals surface area contributed by atoms with E-state index in [9.17, 15) is 0 Å². The van der Waals surface area contributed by atoms with Crippen LogP contribution in [0.2, 0.25) is 0 Å². The van der Waals surface area contributed by atoms with Gasteiger partial charge >= 0.3 is 0 Å². The van der Waals surface area contributed by atoms with Crippen molar-refractivity contribution in [3.05, 3.63) is 36.4 Å². The van der Waals surface area contributed by atoms with Crippen molar-refractivity contribution in [1.29, 1.82) is 0 Å². The fourth-order valence-electron chi connectivity index (χ4n) is 1.92. The zero-order chi connectivity index (χ0) is 15.1. The number of hydrogen-bond acceptors (Lipinski definition) is 6. The van der Waals surface area contributed by atoms with Crippen LogP contribution in [0, 0.1) is 0 Å². The largest absolute Gasteiger partial charge is 0.481 e. The fourth-order valence-corrected chi connectivity index (χ4v) is 1.92.